The molecule has 0 unspecified atom stereocenters. The van der Waals surface area contributed by atoms with Crippen molar-refractivity contribution in [1.82, 2.24) is 15.1 Å². The van der Waals surface area contributed by atoms with Gasteiger partial charge in [-0.2, -0.15) is 5.12 Å². The van der Waals surface area contributed by atoms with Gasteiger partial charge in [-0.1, -0.05) is 83.1 Å². The van der Waals surface area contributed by atoms with Crippen LogP contribution >= 0.6 is 0 Å². The summed E-state index contributed by atoms with van der Waals surface area (Å²) in [4.78, 5) is 0. The summed E-state index contributed by atoms with van der Waals surface area (Å²) in [6, 6.07) is 0. The summed E-state index contributed by atoms with van der Waals surface area (Å²) in [7, 11) is 0. The molecule has 0 aromatic heterocycles. The largest absolute Gasteiger partial charge is 0.272 e. The van der Waals surface area contributed by atoms with Crippen LogP contribution in [0.2, 0.25) is 0 Å². The minimum Gasteiger partial charge on any atom is -0.272 e. The highest BCUT2D eigenvalue weighted by Crippen LogP contribution is 2.36. The van der Waals surface area contributed by atoms with Crippen LogP contribution in [0.5, 0.6) is 0 Å². The molecule has 0 N–H and O–H groups in total. The van der Waals surface area contributed by atoms with Crippen LogP contribution in [0.15, 0.2) is 36.4 Å². The molecule has 0 spiro atoms. The second-order valence-corrected chi connectivity index (χ2v) is 7.27. The standard InChI is InChI=1S/C15H25N3.3C2H6/c1-14(2,3)12-17-11-10-16-9-7-8-13(18(16)17)15(4,5)6;3*1-2/h7-11H,12H2,1-6H3;3*1-2H3. The maximum absolute atomic E-state index is 2.29. The van der Waals surface area contributed by atoms with Crippen molar-refractivity contribution in [3.05, 3.63) is 36.4 Å². The minimum atomic E-state index is 0.130. The van der Waals surface area contributed by atoms with Crippen molar-refractivity contribution in [2.45, 2.75) is 83.1 Å². The monoisotopic (exact) mass is 337 g/mol. The number of allylic oxidation sites excluding steroid dienone is 3. The molecule has 0 amide bonds. The Balaban J connectivity index is 0. The molecule has 142 valence electrons. The van der Waals surface area contributed by atoms with Crippen molar-refractivity contribution < 1.29 is 0 Å². The summed E-state index contributed by atoms with van der Waals surface area (Å²) in [5, 5.41) is 6.71. The zero-order chi connectivity index (χ0) is 19.6. The Morgan fingerprint density at radius 3 is 1.67 bits per heavy atom. The van der Waals surface area contributed by atoms with Crippen LogP contribution in [0.3, 0.4) is 0 Å². The molecule has 0 fully saturated rings. The lowest BCUT2D eigenvalue weighted by atomic mass is 9.91. The Hall–Kier alpha value is -1.38. The third-order valence-corrected chi connectivity index (χ3v) is 2.97. The molecule has 0 bridgehead atoms. The number of hydrogen-bond acceptors (Lipinski definition) is 3. The van der Waals surface area contributed by atoms with E-state index >= 15 is 0 Å². The Morgan fingerprint density at radius 1 is 0.750 bits per heavy atom. The third-order valence-electron chi connectivity index (χ3n) is 2.97. The minimum absolute atomic E-state index is 0.130. The number of hydrogen-bond donors (Lipinski definition) is 0. The van der Waals surface area contributed by atoms with E-state index in [4.69, 9.17) is 0 Å². The van der Waals surface area contributed by atoms with Crippen molar-refractivity contribution >= 4 is 0 Å². The molecule has 0 saturated heterocycles. The fourth-order valence-electron chi connectivity index (χ4n) is 2.22. The summed E-state index contributed by atoms with van der Waals surface area (Å²) >= 11 is 0. The Morgan fingerprint density at radius 2 is 1.25 bits per heavy atom. The molecule has 0 aromatic carbocycles. The summed E-state index contributed by atoms with van der Waals surface area (Å²) in [6.45, 7) is 26.6. The molecule has 2 aliphatic heterocycles. The molecule has 2 aliphatic rings. The number of fused-ring (bicyclic) bond motifs is 1. The smallest absolute Gasteiger partial charge is 0.0647 e. The van der Waals surface area contributed by atoms with E-state index in [1.807, 2.05) is 41.5 Å². The van der Waals surface area contributed by atoms with Gasteiger partial charge >= 0.3 is 0 Å². The second-order valence-electron chi connectivity index (χ2n) is 7.27. The Kier molecular flexibility index (Phi) is 11.6. The van der Waals surface area contributed by atoms with Gasteiger partial charge in [0, 0.05) is 30.6 Å². The van der Waals surface area contributed by atoms with Gasteiger partial charge in [0.05, 0.1) is 5.70 Å². The van der Waals surface area contributed by atoms with E-state index in [9.17, 15) is 0 Å². The van der Waals surface area contributed by atoms with Crippen LogP contribution in [0.4, 0.5) is 0 Å². The van der Waals surface area contributed by atoms with E-state index < -0.39 is 0 Å². The molecule has 0 saturated carbocycles. The molecule has 0 aliphatic carbocycles. The molecule has 2 rings (SSSR count). The van der Waals surface area contributed by atoms with E-state index in [1.165, 1.54) is 5.70 Å². The lowest BCUT2D eigenvalue weighted by Gasteiger charge is -2.44. The molecule has 2 heterocycles. The predicted octanol–water partition coefficient (Wildman–Crippen LogP) is 6.79. The Bertz CT molecular complexity index is 406. The molecule has 3 heteroatoms. The molecular weight excluding hydrogens is 294 g/mol. The number of hydrazine groups is 2. The highest BCUT2D eigenvalue weighted by atomic mass is 15.9. The van der Waals surface area contributed by atoms with Gasteiger partial charge in [0.15, 0.2) is 0 Å². The van der Waals surface area contributed by atoms with Gasteiger partial charge in [0.25, 0.3) is 0 Å². The van der Waals surface area contributed by atoms with Crippen molar-refractivity contribution in [1.29, 1.82) is 0 Å². The summed E-state index contributed by atoms with van der Waals surface area (Å²) in [6.07, 6.45) is 10.7. The van der Waals surface area contributed by atoms with Gasteiger partial charge in [0.1, 0.15) is 0 Å². The fraction of sp³-hybridized carbons (Fsp3) is 0.714. The van der Waals surface area contributed by atoms with E-state index in [0.29, 0.717) is 0 Å². The summed E-state index contributed by atoms with van der Waals surface area (Å²) in [5.41, 5.74) is 1.72. The van der Waals surface area contributed by atoms with Gasteiger partial charge in [-0.25, -0.2) is 5.01 Å². The average Bonchev–Trinajstić information content (AvgIpc) is 2.93. The zero-order valence-corrected chi connectivity index (χ0v) is 18.4. The number of rotatable bonds is 1. The van der Waals surface area contributed by atoms with Crippen molar-refractivity contribution in [2.75, 3.05) is 6.54 Å². The van der Waals surface area contributed by atoms with Gasteiger partial charge in [-0.05, 0) is 17.6 Å². The van der Waals surface area contributed by atoms with Gasteiger partial charge in [0.2, 0.25) is 0 Å². The van der Waals surface area contributed by atoms with Crippen LogP contribution in [0.1, 0.15) is 83.1 Å². The van der Waals surface area contributed by atoms with E-state index in [-0.39, 0.29) is 10.8 Å². The highest BCUT2D eigenvalue weighted by molar-refractivity contribution is 5.22. The van der Waals surface area contributed by atoms with Crippen molar-refractivity contribution in [2.24, 2.45) is 10.8 Å². The summed E-state index contributed by atoms with van der Waals surface area (Å²) < 4.78 is 0. The van der Waals surface area contributed by atoms with E-state index in [0.717, 1.165) is 6.54 Å². The fourth-order valence-corrected chi connectivity index (χ4v) is 2.22. The van der Waals surface area contributed by atoms with E-state index in [2.05, 4.69) is 87.4 Å². The third kappa shape index (κ3) is 7.46. The highest BCUT2D eigenvalue weighted by Gasteiger charge is 2.34. The average molecular weight is 338 g/mol. The van der Waals surface area contributed by atoms with Gasteiger partial charge < -0.3 is 0 Å². The van der Waals surface area contributed by atoms with Gasteiger partial charge in [-0.3, -0.25) is 5.01 Å². The van der Waals surface area contributed by atoms with Gasteiger partial charge in [-0.15, -0.1) is 0 Å². The first kappa shape index (κ1) is 24.9. The second kappa shape index (κ2) is 11.2. The summed E-state index contributed by atoms with van der Waals surface area (Å²) in [5.74, 6) is 0. The SMILES string of the molecule is CC.CC.CC.CC(C)(C)CN1C=CN2C=CC=C(C(C)(C)C)N21. The molecule has 3 nitrogen and oxygen atoms in total. The number of nitrogens with zero attached hydrogens (tertiary/aromatic N) is 3. The van der Waals surface area contributed by atoms with Crippen LogP contribution in [0, 0.1) is 10.8 Å². The molecule has 0 radical (unpaired) electrons. The quantitative estimate of drug-likeness (QED) is 0.521. The van der Waals surface area contributed by atoms with Crippen molar-refractivity contribution in [3.63, 3.8) is 0 Å². The van der Waals surface area contributed by atoms with Crippen LogP contribution in [-0.2, 0) is 0 Å². The maximum atomic E-state index is 2.29. The molecule has 0 aromatic rings. The zero-order valence-electron chi connectivity index (χ0n) is 18.4. The molecule has 0 atom stereocenters. The van der Waals surface area contributed by atoms with Crippen LogP contribution < -0.4 is 0 Å². The Labute approximate surface area is 152 Å². The van der Waals surface area contributed by atoms with Crippen molar-refractivity contribution in [3.8, 4) is 0 Å². The van der Waals surface area contributed by atoms with Crippen LogP contribution in [0.25, 0.3) is 0 Å². The first-order chi connectivity index (χ1) is 11.2. The molecular formula is C21H43N3. The molecule has 24 heavy (non-hydrogen) atoms. The predicted molar refractivity (Wildman–Crippen MR) is 110 cm³/mol. The first-order valence-corrected chi connectivity index (χ1v) is 9.61. The first-order valence-electron chi connectivity index (χ1n) is 9.61. The maximum Gasteiger partial charge on any atom is 0.0647 e. The topological polar surface area (TPSA) is 9.72 Å². The van der Waals surface area contributed by atoms with E-state index in [1.54, 1.807) is 0 Å². The normalized spacial score (nSPS) is 15.3. The van der Waals surface area contributed by atoms with Crippen LogP contribution in [-0.4, -0.2) is 21.7 Å². The lowest BCUT2D eigenvalue weighted by Crippen LogP contribution is -2.48. The lowest BCUT2D eigenvalue weighted by molar-refractivity contribution is -0.0795.